The normalized spacial score (nSPS) is 14.9. The first-order valence-electron chi connectivity index (χ1n) is 7.89. The molecule has 2 heteroatoms. The average molecular weight is 303 g/mol. The summed E-state index contributed by atoms with van der Waals surface area (Å²) < 4.78 is 0. The van der Waals surface area contributed by atoms with Gasteiger partial charge in [-0.2, -0.15) is 0 Å². The second-order valence-electron chi connectivity index (χ2n) is 6.12. The summed E-state index contributed by atoms with van der Waals surface area (Å²) in [5.41, 5.74) is 2.15. The smallest absolute Gasteiger partial charge is 0.0783 e. The van der Waals surface area contributed by atoms with Crippen molar-refractivity contribution >= 4 is 0 Å². The Balaban J connectivity index is 2.01. The summed E-state index contributed by atoms with van der Waals surface area (Å²) in [7, 11) is 0. The van der Waals surface area contributed by atoms with Crippen molar-refractivity contribution < 1.29 is 5.11 Å². The summed E-state index contributed by atoms with van der Waals surface area (Å²) in [6, 6.07) is 26.1. The van der Waals surface area contributed by atoms with Crippen LogP contribution in [0.25, 0.3) is 0 Å². The van der Waals surface area contributed by atoms with Gasteiger partial charge in [-0.15, -0.1) is 0 Å². The van der Waals surface area contributed by atoms with Crippen LogP contribution in [0, 0.1) is 0 Å². The summed E-state index contributed by atoms with van der Waals surface area (Å²) in [6.07, 6.45) is 2.36. The van der Waals surface area contributed by atoms with E-state index in [1.165, 1.54) is 0 Å². The van der Waals surface area contributed by atoms with E-state index in [0.29, 0.717) is 6.42 Å². The molecule has 0 aliphatic heterocycles. The number of aromatic nitrogens is 1. The number of pyridine rings is 1. The molecule has 1 aromatic heterocycles. The number of hydrogen-bond acceptors (Lipinski definition) is 2. The van der Waals surface area contributed by atoms with Crippen LogP contribution in [0.1, 0.15) is 29.7 Å². The van der Waals surface area contributed by atoms with Gasteiger partial charge in [0.25, 0.3) is 0 Å². The first-order chi connectivity index (χ1) is 11.2. The first kappa shape index (κ1) is 15.4. The lowest BCUT2D eigenvalue weighted by Crippen LogP contribution is -2.36. The third kappa shape index (κ3) is 3.66. The molecule has 23 heavy (non-hydrogen) atoms. The fraction of sp³-hybridized carbons (Fsp3) is 0.190. The molecule has 0 amide bonds. The minimum absolute atomic E-state index is 0.176. The van der Waals surface area contributed by atoms with Crippen molar-refractivity contribution in [2.45, 2.75) is 24.9 Å². The van der Waals surface area contributed by atoms with Gasteiger partial charge in [0, 0.05) is 12.6 Å². The Labute approximate surface area is 137 Å². The highest BCUT2D eigenvalue weighted by Gasteiger charge is 2.35. The fourth-order valence-corrected chi connectivity index (χ4v) is 3.15. The molecule has 1 N–H and O–H groups in total. The zero-order chi connectivity index (χ0) is 16.1. The monoisotopic (exact) mass is 303 g/mol. The van der Waals surface area contributed by atoms with Crippen molar-refractivity contribution in [1.82, 2.24) is 4.98 Å². The topological polar surface area (TPSA) is 33.1 Å². The number of benzene rings is 2. The van der Waals surface area contributed by atoms with Crippen LogP contribution in [0.2, 0.25) is 0 Å². The van der Waals surface area contributed by atoms with Gasteiger partial charge in [-0.3, -0.25) is 4.98 Å². The number of hydrogen-bond donors (Lipinski definition) is 1. The van der Waals surface area contributed by atoms with Gasteiger partial charge in [-0.1, -0.05) is 66.7 Å². The Hall–Kier alpha value is -2.45. The van der Waals surface area contributed by atoms with Crippen LogP contribution in [0.4, 0.5) is 0 Å². The molecule has 116 valence electrons. The van der Waals surface area contributed by atoms with E-state index in [2.05, 4.69) is 29.2 Å². The molecule has 0 spiro atoms. The maximum atomic E-state index is 11.3. The van der Waals surface area contributed by atoms with Gasteiger partial charge in [0.15, 0.2) is 0 Å². The predicted molar refractivity (Wildman–Crippen MR) is 93.3 cm³/mol. The molecule has 2 atom stereocenters. The Morgan fingerprint density at radius 1 is 0.870 bits per heavy atom. The van der Waals surface area contributed by atoms with Crippen LogP contribution in [-0.2, 0) is 6.42 Å². The Bertz CT molecular complexity index is 684. The van der Waals surface area contributed by atoms with Crippen molar-refractivity contribution in [2.75, 3.05) is 0 Å². The highest BCUT2D eigenvalue weighted by atomic mass is 16.3. The summed E-state index contributed by atoms with van der Waals surface area (Å²) in [5, 5.41) is 11.3. The minimum atomic E-state index is -0.933. The highest BCUT2D eigenvalue weighted by molar-refractivity contribution is 5.33. The maximum Gasteiger partial charge on any atom is 0.0783 e. The Morgan fingerprint density at radius 3 is 2.09 bits per heavy atom. The average Bonchev–Trinajstić information content (AvgIpc) is 2.57. The van der Waals surface area contributed by atoms with Crippen molar-refractivity contribution in [3.05, 3.63) is 102 Å². The summed E-state index contributed by atoms with van der Waals surface area (Å²) in [4.78, 5) is 4.50. The van der Waals surface area contributed by atoms with E-state index in [1.54, 1.807) is 6.20 Å². The molecule has 0 aliphatic carbocycles. The third-order valence-corrected chi connectivity index (χ3v) is 4.14. The molecule has 0 saturated carbocycles. The Morgan fingerprint density at radius 2 is 1.48 bits per heavy atom. The second-order valence-corrected chi connectivity index (χ2v) is 6.12. The van der Waals surface area contributed by atoms with E-state index in [-0.39, 0.29) is 5.92 Å². The van der Waals surface area contributed by atoms with E-state index in [1.807, 2.05) is 61.5 Å². The quantitative estimate of drug-likeness (QED) is 0.766. The van der Waals surface area contributed by atoms with Crippen LogP contribution in [0.15, 0.2) is 85.1 Å². The van der Waals surface area contributed by atoms with E-state index < -0.39 is 5.60 Å². The van der Waals surface area contributed by atoms with E-state index in [0.717, 1.165) is 16.8 Å². The molecule has 0 aliphatic rings. The molecule has 3 rings (SSSR count). The van der Waals surface area contributed by atoms with E-state index in [9.17, 15) is 5.11 Å². The largest absolute Gasteiger partial charge is 0.389 e. The standard InChI is InChI=1S/C21H21NO/c1-21(23,16-17-10-4-2-5-11-17)20(18-12-6-3-7-13-18)19-14-8-9-15-22-19/h2-15,20,23H,16H2,1H3/t20-,21+/m1/s1. The fourth-order valence-electron chi connectivity index (χ4n) is 3.15. The van der Waals surface area contributed by atoms with Gasteiger partial charge in [0.05, 0.1) is 17.2 Å². The van der Waals surface area contributed by atoms with Crippen molar-refractivity contribution in [3.63, 3.8) is 0 Å². The van der Waals surface area contributed by atoms with Gasteiger partial charge in [0.1, 0.15) is 0 Å². The van der Waals surface area contributed by atoms with Gasteiger partial charge in [0.2, 0.25) is 0 Å². The van der Waals surface area contributed by atoms with Crippen LogP contribution in [-0.4, -0.2) is 15.7 Å². The molecular weight excluding hydrogens is 282 g/mol. The molecule has 0 radical (unpaired) electrons. The van der Waals surface area contributed by atoms with Gasteiger partial charge in [-0.25, -0.2) is 0 Å². The molecule has 0 bridgehead atoms. The van der Waals surface area contributed by atoms with Crippen LogP contribution >= 0.6 is 0 Å². The summed E-state index contributed by atoms with van der Waals surface area (Å²) in [5.74, 6) is -0.176. The molecule has 0 fully saturated rings. The molecular formula is C21H21NO. The van der Waals surface area contributed by atoms with Crippen molar-refractivity contribution in [1.29, 1.82) is 0 Å². The second kappa shape index (κ2) is 6.76. The zero-order valence-corrected chi connectivity index (χ0v) is 13.3. The Kier molecular flexibility index (Phi) is 4.54. The zero-order valence-electron chi connectivity index (χ0n) is 13.3. The molecule has 3 aromatic rings. The maximum absolute atomic E-state index is 11.3. The van der Waals surface area contributed by atoms with E-state index >= 15 is 0 Å². The predicted octanol–water partition coefficient (Wildman–Crippen LogP) is 4.21. The third-order valence-electron chi connectivity index (χ3n) is 4.14. The van der Waals surface area contributed by atoms with Crippen LogP contribution in [0.3, 0.4) is 0 Å². The van der Waals surface area contributed by atoms with Crippen LogP contribution in [0.5, 0.6) is 0 Å². The lowest BCUT2D eigenvalue weighted by molar-refractivity contribution is 0.0419. The first-order valence-corrected chi connectivity index (χ1v) is 7.89. The highest BCUT2D eigenvalue weighted by Crippen LogP contribution is 2.36. The molecule has 0 unspecified atom stereocenters. The molecule has 1 heterocycles. The summed E-state index contributed by atoms with van der Waals surface area (Å²) in [6.45, 7) is 1.90. The summed E-state index contributed by atoms with van der Waals surface area (Å²) >= 11 is 0. The van der Waals surface area contributed by atoms with Gasteiger partial charge >= 0.3 is 0 Å². The van der Waals surface area contributed by atoms with Gasteiger partial charge < -0.3 is 5.11 Å². The van der Waals surface area contributed by atoms with Gasteiger partial charge in [-0.05, 0) is 30.2 Å². The number of rotatable bonds is 5. The molecule has 0 saturated heterocycles. The minimum Gasteiger partial charge on any atom is -0.389 e. The molecule has 2 nitrogen and oxygen atoms in total. The number of aliphatic hydroxyl groups is 1. The van der Waals surface area contributed by atoms with Crippen molar-refractivity contribution in [3.8, 4) is 0 Å². The SMILES string of the molecule is C[C@](O)(Cc1ccccc1)[C@H](c1ccccc1)c1ccccn1. The molecule has 2 aromatic carbocycles. The van der Waals surface area contributed by atoms with Crippen LogP contribution < -0.4 is 0 Å². The lowest BCUT2D eigenvalue weighted by Gasteiger charge is -2.33. The van der Waals surface area contributed by atoms with E-state index in [4.69, 9.17) is 0 Å². The number of nitrogens with zero attached hydrogens (tertiary/aromatic N) is 1. The lowest BCUT2D eigenvalue weighted by atomic mass is 9.77. The van der Waals surface area contributed by atoms with Crippen molar-refractivity contribution in [2.24, 2.45) is 0 Å².